The van der Waals surface area contributed by atoms with E-state index in [1.807, 2.05) is 37.3 Å². The molecule has 0 saturated carbocycles. The van der Waals surface area contributed by atoms with E-state index < -0.39 is 6.10 Å². The number of anilines is 1. The molecule has 5 nitrogen and oxygen atoms in total. The van der Waals surface area contributed by atoms with Gasteiger partial charge in [-0.25, -0.2) is 0 Å². The van der Waals surface area contributed by atoms with Crippen LogP contribution in [0.2, 0.25) is 0 Å². The fraction of sp³-hybridized carbons (Fsp3) is 0.263. The highest BCUT2D eigenvalue weighted by Gasteiger charge is 2.17. The second-order valence-electron chi connectivity index (χ2n) is 5.61. The summed E-state index contributed by atoms with van der Waals surface area (Å²) in [4.78, 5) is 23.2. The van der Waals surface area contributed by atoms with E-state index in [1.54, 1.807) is 31.2 Å². The molecule has 2 aromatic carbocycles. The number of nitrogens with one attached hydrogen (secondary N) is 2. The van der Waals surface area contributed by atoms with Crippen molar-refractivity contribution in [2.75, 3.05) is 5.32 Å². The third-order valence-electron chi connectivity index (χ3n) is 3.52. The first-order valence-corrected chi connectivity index (χ1v) is 7.85. The maximum atomic E-state index is 12.3. The van der Waals surface area contributed by atoms with Crippen LogP contribution in [0.15, 0.2) is 54.6 Å². The van der Waals surface area contributed by atoms with Crippen molar-refractivity contribution in [3.05, 3.63) is 60.2 Å². The zero-order chi connectivity index (χ0) is 17.5. The van der Waals surface area contributed by atoms with Gasteiger partial charge in [0.15, 0.2) is 6.10 Å². The minimum absolute atomic E-state index is 0.0908. The SMILES string of the molecule is CC(=O)Nc1ccc(O[C@@H](C)C(=O)N[C@@H](C)c2ccccc2)cc1. The highest BCUT2D eigenvalue weighted by Crippen LogP contribution is 2.17. The number of amides is 2. The Morgan fingerprint density at radius 3 is 2.17 bits per heavy atom. The Balaban J connectivity index is 1.90. The summed E-state index contributed by atoms with van der Waals surface area (Å²) in [5.74, 6) is 0.253. The lowest BCUT2D eigenvalue weighted by Crippen LogP contribution is -2.37. The van der Waals surface area contributed by atoms with Crippen LogP contribution in [0.4, 0.5) is 5.69 Å². The summed E-state index contributed by atoms with van der Waals surface area (Å²) in [6.45, 7) is 5.08. The Kier molecular flexibility index (Phi) is 5.95. The van der Waals surface area contributed by atoms with Gasteiger partial charge in [0, 0.05) is 12.6 Å². The molecule has 0 spiro atoms. The monoisotopic (exact) mass is 326 g/mol. The van der Waals surface area contributed by atoms with Crippen LogP contribution >= 0.6 is 0 Å². The maximum Gasteiger partial charge on any atom is 0.261 e. The Morgan fingerprint density at radius 2 is 1.58 bits per heavy atom. The summed E-state index contributed by atoms with van der Waals surface area (Å²) in [6.07, 6.45) is -0.622. The van der Waals surface area contributed by atoms with Gasteiger partial charge in [0.1, 0.15) is 5.75 Å². The largest absolute Gasteiger partial charge is 0.481 e. The fourth-order valence-electron chi connectivity index (χ4n) is 2.23. The molecule has 24 heavy (non-hydrogen) atoms. The van der Waals surface area contributed by atoms with Gasteiger partial charge in [-0.3, -0.25) is 9.59 Å². The molecule has 2 rings (SSSR count). The molecule has 2 atom stereocenters. The number of rotatable bonds is 6. The molecule has 2 aromatic rings. The zero-order valence-corrected chi connectivity index (χ0v) is 14.1. The van der Waals surface area contributed by atoms with Crippen LogP contribution in [0.1, 0.15) is 32.4 Å². The number of benzene rings is 2. The molecule has 0 fully saturated rings. The van der Waals surface area contributed by atoms with Crippen LogP contribution in [-0.2, 0) is 9.59 Å². The van der Waals surface area contributed by atoms with E-state index in [9.17, 15) is 9.59 Å². The lowest BCUT2D eigenvalue weighted by Gasteiger charge is -2.19. The van der Waals surface area contributed by atoms with Gasteiger partial charge in [-0.2, -0.15) is 0 Å². The van der Waals surface area contributed by atoms with Gasteiger partial charge in [0.2, 0.25) is 5.91 Å². The first kappa shape index (κ1) is 17.5. The van der Waals surface area contributed by atoms with Gasteiger partial charge in [-0.05, 0) is 43.7 Å². The average Bonchev–Trinajstić information content (AvgIpc) is 2.56. The summed E-state index contributed by atoms with van der Waals surface area (Å²) in [5.41, 5.74) is 1.72. The second kappa shape index (κ2) is 8.15. The van der Waals surface area contributed by atoms with E-state index in [4.69, 9.17) is 4.74 Å². The molecule has 2 N–H and O–H groups in total. The summed E-state index contributed by atoms with van der Waals surface area (Å²) in [5, 5.41) is 5.61. The normalized spacial score (nSPS) is 12.8. The van der Waals surface area contributed by atoms with Crippen molar-refractivity contribution in [3.8, 4) is 5.75 Å². The molecule has 0 unspecified atom stereocenters. The van der Waals surface area contributed by atoms with Gasteiger partial charge in [-0.15, -0.1) is 0 Å². The Hall–Kier alpha value is -2.82. The lowest BCUT2D eigenvalue weighted by atomic mass is 10.1. The fourth-order valence-corrected chi connectivity index (χ4v) is 2.23. The average molecular weight is 326 g/mol. The van der Waals surface area contributed by atoms with Crippen LogP contribution in [-0.4, -0.2) is 17.9 Å². The number of carbonyl (C=O) groups excluding carboxylic acids is 2. The van der Waals surface area contributed by atoms with E-state index in [1.165, 1.54) is 6.92 Å². The molecule has 0 aliphatic heterocycles. The van der Waals surface area contributed by atoms with Crippen molar-refractivity contribution < 1.29 is 14.3 Å². The predicted octanol–water partition coefficient (Wildman–Crippen LogP) is 3.29. The first-order chi connectivity index (χ1) is 11.5. The molecule has 5 heteroatoms. The maximum absolute atomic E-state index is 12.3. The quantitative estimate of drug-likeness (QED) is 0.856. The van der Waals surface area contributed by atoms with E-state index >= 15 is 0 Å². The van der Waals surface area contributed by atoms with Gasteiger partial charge in [0.05, 0.1) is 6.04 Å². The third-order valence-corrected chi connectivity index (χ3v) is 3.52. The number of hydrogen-bond donors (Lipinski definition) is 2. The number of ether oxygens (including phenoxy) is 1. The van der Waals surface area contributed by atoms with Crippen LogP contribution in [0.5, 0.6) is 5.75 Å². The van der Waals surface area contributed by atoms with Crippen LogP contribution < -0.4 is 15.4 Å². The molecule has 0 aromatic heterocycles. The third kappa shape index (κ3) is 5.12. The standard InChI is InChI=1S/C19H22N2O3/c1-13(16-7-5-4-6-8-16)20-19(23)14(2)24-18-11-9-17(10-12-18)21-15(3)22/h4-14H,1-3H3,(H,20,23)(H,21,22)/t13-,14-/m0/s1. The molecule has 2 amide bonds. The van der Waals surface area contributed by atoms with Crippen LogP contribution in [0, 0.1) is 0 Å². The van der Waals surface area contributed by atoms with Crippen molar-refractivity contribution in [3.63, 3.8) is 0 Å². The smallest absolute Gasteiger partial charge is 0.261 e. The summed E-state index contributed by atoms with van der Waals surface area (Å²) in [7, 11) is 0. The first-order valence-electron chi connectivity index (χ1n) is 7.85. The summed E-state index contributed by atoms with van der Waals surface area (Å²) >= 11 is 0. The van der Waals surface area contributed by atoms with Crippen molar-refractivity contribution >= 4 is 17.5 Å². The van der Waals surface area contributed by atoms with Crippen molar-refractivity contribution in [1.29, 1.82) is 0 Å². The van der Waals surface area contributed by atoms with E-state index in [0.717, 1.165) is 5.56 Å². The molecule has 0 aliphatic rings. The van der Waals surface area contributed by atoms with E-state index in [0.29, 0.717) is 11.4 Å². The second-order valence-corrected chi connectivity index (χ2v) is 5.61. The van der Waals surface area contributed by atoms with Gasteiger partial charge >= 0.3 is 0 Å². The van der Waals surface area contributed by atoms with Crippen molar-refractivity contribution in [2.45, 2.75) is 32.9 Å². The minimum Gasteiger partial charge on any atom is -0.481 e. The molecular weight excluding hydrogens is 304 g/mol. The Bertz CT molecular complexity index is 684. The van der Waals surface area contributed by atoms with Gasteiger partial charge in [0.25, 0.3) is 5.91 Å². The summed E-state index contributed by atoms with van der Waals surface area (Å²) in [6, 6.07) is 16.6. The van der Waals surface area contributed by atoms with Crippen molar-refractivity contribution in [2.24, 2.45) is 0 Å². The molecule has 0 heterocycles. The van der Waals surface area contributed by atoms with Gasteiger partial charge < -0.3 is 15.4 Å². The zero-order valence-electron chi connectivity index (χ0n) is 14.1. The molecule has 126 valence electrons. The molecule has 0 aliphatic carbocycles. The molecule has 0 bridgehead atoms. The number of carbonyl (C=O) groups is 2. The molecular formula is C19H22N2O3. The van der Waals surface area contributed by atoms with E-state index in [2.05, 4.69) is 10.6 Å². The number of hydrogen-bond acceptors (Lipinski definition) is 3. The molecule has 0 radical (unpaired) electrons. The highest BCUT2D eigenvalue weighted by atomic mass is 16.5. The Labute approximate surface area is 142 Å². The topological polar surface area (TPSA) is 67.4 Å². The lowest BCUT2D eigenvalue weighted by molar-refractivity contribution is -0.128. The minimum atomic E-state index is -0.622. The predicted molar refractivity (Wildman–Crippen MR) is 93.8 cm³/mol. The van der Waals surface area contributed by atoms with Crippen molar-refractivity contribution in [1.82, 2.24) is 5.32 Å². The highest BCUT2D eigenvalue weighted by molar-refractivity contribution is 5.88. The van der Waals surface area contributed by atoms with Crippen LogP contribution in [0.25, 0.3) is 0 Å². The molecule has 0 saturated heterocycles. The van der Waals surface area contributed by atoms with E-state index in [-0.39, 0.29) is 17.9 Å². The van der Waals surface area contributed by atoms with Gasteiger partial charge in [-0.1, -0.05) is 30.3 Å². The van der Waals surface area contributed by atoms with Crippen LogP contribution in [0.3, 0.4) is 0 Å². The summed E-state index contributed by atoms with van der Waals surface area (Å²) < 4.78 is 5.65. The Morgan fingerprint density at radius 1 is 0.958 bits per heavy atom.